The molecule has 0 amide bonds. The van der Waals surface area contributed by atoms with Crippen LogP contribution in [0.5, 0.6) is 0 Å². The van der Waals surface area contributed by atoms with Crippen molar-refractivity contribution in [3.05, 3.63) is 23.4 Å². The lowest BCUT2D eigenvalue weighted by Crippen LogP contribution is -2.56. The van der Waals surface area contributed by atoms with Crippen molar-refractivity contribution in [1.29, 1.82) is 0 Å². The zero-order valence-corrected chi connectivity index (χ0v) is 10.9. The van der Waals surface area contributed by atoms with Crippen molar-refractivity contribution in [2.24, 2.45) is 0 Å². The molecule has 2 aliphatic heterocycles. The number of nitrogens with zero attached hydrogens (tertiary/aromatic N) is 3. The normalized spacial score (nSPS) is 29.4. The van der Waals surface area contributed by atoms with Crippen LogP contribution in [0.25, 0.3) is 0 Å². The third-order valence-corrected chi connectivity index (χ3v) is 4.32. The van der Waals surface area contributed by atoms with Gasteiger partial charge >= 0.3 is 0 Å². The molecule has 3 rings (SSSR count). The van der Waals surface area contributed by atoms with Crippen LogP contribution in [0.4, 0.5) is 5.82 Å². The van der Waals surface area contributed by atoms with Gasteiger partial charge in [0.15, 0.2) is 0 Å². The molecule has 0 spiro atoms. The lowest BCUT2D eigenvalue weighted by atomic mass is 10.0. The van der Waals surface area contributed by atoms with Crippen LogP contribution in [0.1, 0.15) is 19.8 Å². The fraction of sp³-hybridized carbons (Fsp3) is 0.615. The summed E-state index contributed by atoms with van der Waals surface area (Å²) in [7, 11) is 0. The van der Waals surface area contributed by atoms with Gasteiger partial charge in [-0.2, -0.15) is 0 Å². The number of anilines is 1. The van der Waals surface area contributed by atoms with Crippen LogP contribution in [0, 0.1) is 0 Å². The summed E-state index contributed by atoms with van der Waals surface area (Å²) in [5.41, 5.74) is 0. The lowest BCUT2D eigenvalue weighted by molar-refractivity contribution is 0.193. The van der Waals surface area contributed by atoms with Crippen LogP contribution in [0.2, 0.25) is 5.02 Å². The highest BCUT2D eigenvalue weighted by atomic mass is 35.5. The van der Waals surface area contributed by atoms with Gasteiger partial charge in [0.05, 0.1) is 5.02 Å². The van der Waals surface area contributed by atoms with Gasteiger partial charge in [0, 0.05) is 31.4 Å². The van der Waals surface area contributed by atoms with Gasteiger partial charge in [-0.15, -0.1) is 0 Å². The summed E-state index contributed by atoms with van der Waals surface area (Å²) in [4.78, 5) is 9.48. The number of piperazine rings is 1. The lowest BCUT2D eigenvalue weighted by Gasteiger charge is -2.43. The first-order chi connectivity index (χ1) is 8.25. The summed E-state index contributed by atoms with van der Waals surface area (Å²) in [5.74, 6) is 1.06. The minimum Gasteiger partial charge on any atom is -0.351 e. The van der Waals surface area contributed by atoms with E-state index < -0.39 is 0 Å². The molecule has 1 aromatic rings. The first-order valence-corrected chi connectivity index (χ1v) is 6.76. The van der Waals surface area contributed by atoms with Gasteiger partial charge < -0.3 is 4.90 Å². The number of fused-ring (bicyclic) bond motifs is 1. The minimum absolute atomic E-state index is 0.555. The molecule has 17 heavy (non-hydrogen) atoms. The monoisotopic (exact) mass is 251 g/mol. The SMILES string of the molecule is CC1C2CCCN2CCN1c1ccc(Cl)cn1. The fourth-order valence-corrected chi connectivity index (χ4v) is 3.30. The van der Waals surface area contributed by atoms with Crippen molar-refractivity contribution in [2.75, 3.05) is 24.5 Å². The first kappa shape index (κ1) is 11.3. The van der Waals surface area contributed by atoms with Crippen LogP contribution >= 0.6 is 11.6 Å². The fourth-order valence-electron chi connectivity index (χ4n) is 3.18. The standard InChI is InChI=1S/C13H18ClN3/c1-10-12-3-2-6-16(12)7-8-17(10)13-5-4-11(14)9-15-13/h4-5,9-10,12H,2-3,6-8H2,1H3. The number of hydrogen-bond acceptors (Lipinski definition) is 3. The number of pyridine rings is 1. The highest BCUT2D eigenvalue weighted by Gasteiger charge is 2.36. The summed E-state index contributed by atoms with van der Waals surface area (Å²) in [5, 5.41) is 0.709. The first-order valence-electron chi connectivity index (χ1n) is 6.38. The van der Waals surface area contributed by atoms with Gasteiger partial charge in [-0.3, -0.25) is 4.90 Å². The Balaban J connectivity index is 1.81. The van der Waals surface area contributed by atoms with Crippen molar-refractivity contribution < 1.29 is 0 Å². The average Bonchev–Trinajstić information content (AvgIpc) is 2.80. The largest absolute Gasteiger partial charge is 0.351 e. The molecule has 3 heterocycles. The molecule has 4 heteroatoms. The van der Waals surface area contributed by atoms with Crippen molar-refractivity contribution in [1.82, 2.24) is 9.88 Å². The molecular formula is C13H18ClN3. The van der Waals surface area contributed by atoms with E-state index in [1.807, 2.05) is 12.1 Å². The Morgan fingerprint density at radius 3 is 2.94 bits per heavy atom. The average molecular weight is 252 g/mol. The van der Waals surface area contributed by atoms with Crippen molar-refractivity contribution >= 4 is 17.4 Å². The molecule has 2 unspecified atom stereocenters. The Hall–Kier alpha value is -0.800. The molecular weight excluding hydrogens is 234 g/mol. The number of hydrogen-bond donors (Lipinski definition) is 0. The van der Waals surface area contributed by atoms with E-state index in [9.17, 15) is 0 Å². The van der Waals surface area contributed by atoms with E-state index in [-0.39, 0.29) is 0 Å². The van der Waals surface area contributed by atoms with Crippen molar-refractivity contribution in [3.63, 3.8) is 0 Å². The molecule has 0 N–H and O–H groups in total. The van der Waals surface area contributed by atoms with Crippen LogP contribution in [-0.2, 0) is 0 Å². The zero-order valence-electron chi connectivity index (χ0n) is 10.1. The van der Waals surface area contributed by atoms with E-state index in [0.717, 1.165) is 12.4 Å². The number of halogens is 1. The van der Waals surface area contributed by atoms with Gasteiger partial charge in [0.1, 0.15) is 5.82 Å². The summed E-state index contributed by atoms with van der Waals surface area (Å²) >= 11 is 5.89. The summed E-state index contributed by atoms with van der Waals surface area (Å²) in [6.07, 6.45) is 4.41. The van der Waals surface area contributed by atoms with E-state index in [1.165, 1.54) is 25.9 Å². The maximum absolute atomic E-state index is 5.89. The second-order valence-corrected chi connectivity index (χ2v) is 5.45. The Bertz CT molecular complexity index is 392. The molecule has 2 atom stereocenters. The van der Waals surface area contributed by atoms with Crippen LogP contribution in [-0.4, -0.2) is 41.6 Å². The topological polar surface area (TPSA) is 19.4 Å². The minimum atomic E-state index is 0.555. The summed E-state index contributed by atoms with van der Waals surface area (Å²) < 4.78 is 0. The molecule has 2 saturated heterocycles. The van der Waals surface area contributed by atoms with E-state index in [1.54, 1.807) is 6.20 Å². The molecule has 0 aromatic carbocycles. The van der Waals surface area contributed by atoms with E-state index in [2.05, 4.69) is 21.7 Å². The molecule has 0 saturated carbocycles. The van der Waals surface area contributed by atoms with Crippen LogP contribution in [0.15, 0.2) is 18.3 Å². The Morgan fingerprint density at radius 2 is 2.18 bits per heavy atom. The highest BCUT2D eigenvalue weighted by Crippen LogP contribution is 2.29. The number of aromatic nitrogens is 1. The van der Waals surface area contributed by atoms with Crippen molar-refractivity contribution in [2.45, 2.75) is 31.8 Å². The maximum atomic E-state index is 5.89. The second kappa shape index (κ2) is 4.46. The highest BCUT2D eigenvalue weighted by molar-refractivity contribution is 6.30. The third-order valence-electron chi connectivity index (χ3n) is 4.10. The zero-order chi connectivity index (χ0) is 11.8. The molecule has 2 aliphatic rings. The maximum Gasteiger partial charge on any atom is 0.128 e. The predicted octanol–water partition coefficient (Wildman–Crippen LogP) is 2.41. The molecule has 0 radical (unpaired) electrons. The van der Waals surface area contributed by atoms with Gasteiger partial charge in [0.25, 0.3) is 0 Å². The summed E-state index contributed by atoms with van der Waals surface area (Å²) in [6, 6.07) is 5.22. The van der Waals surface area contributed by atoms with E-state index in [0.29, 0.717) is 17.1 Å². The van der Waals surface area contributed by atoms with Crippen molar-refractivity contribution in [3.8, 4) is 0 Å². The quantitative estimate of drug-likeness (QED) is 0.764. The Labute approximate surface area is 107 Å². The van der Waals surface area contributed by atoms with E-state index in [4.69, 9.17) is 11.6 Å². The van der Waals surface area contributed by atoms with Gasteiger partial charge in [-0.05, 0) is 38.4 Å². The number of rotatable bonds is 1. The van der Waals surface area contributed by atoms with E-state index >= 15 is 0 Å². The van der Waals surface area contributed by atoms with Gasteiger partial charge in [0.2, 0.25) is 0 Å². The Kier molecular flexibility index (Phi) is 2.97. The molecule has 0 bridgehead atoms. The second-order valence-electron chi connectivity index (χ2n) is 5.01. The summed E-state index contributed by atoms with van der Waals surface area (Å²) in [6.45, 7) is 5.83. The Morgan fingerprint density at radius 1 is 1.29 bits per heavy atom. The molecule has 2 fully saturated rings. The van der Waals surface area contributed by atoms with Gasteiger partial charge in [-0.25, -0.2) is 4.98 Å². The molecule has 0 aliphatic carbocycles. The predicted molar refractivity (Wildman–Crippen MR) is 70.7 cm³/mol. The molecule has 92 valence electrons. The molecule has 3 nitrogen and oxygen atoms in total. The van der Waals surface area contributed by atoms with Crippen LogP contribution in [0.3, 0.4) is 0 Å². The third kappa shape index (κ3) is 2.02. The molecule has 1 aromatic heterocycles. The van der Waals surface area contributed by atoms with Crippen LogP contribution < -0.4 is 4.90 Å². The smallest absolute Gasteiger partial charge is 0.128 e. The van der Waals surface area contributed by atoms with Gasteiger partial charge in [-0.1, -0.05) is 11.6 Å².